The summed E-state index contributed by atoms with van der Waals surface area (Å²) in [5.41, 5.74) is 4.63. The number of aromatic nitrogens is 1. The molecular formula is C26H24N2O2S. The third kappa shape index (κ3) is 4.07. The van der Waals surface area contributed by atoms with Crippen LogP contribution >= 0.6 is 11.3 Å². The van der Waals surface area contributed by atoms with Crippen molar-refractivity contribution in [1.29, 1.82) is 0 Å². The van der Waals surface area contributed by atoms with Crippen molar-refractivity contribution < 1.29 is 9.90 Å². The van der Waals surface area contributed by atoms with Crippen LogP contribution in [0.25, 0.3) is 17.0 Å². The van der Waals surface area contributed by atoms with Crippen molar-refractivity contribution in [3.8, 4) is 0 Å². The van der Waals surface area contributed by atoms with Gasteiger partial charge in [-0.25, -0.2) is 0 Å². The minimum atomic E-state index is -0.494. The normalized spacial score (nSPS) is 14.4. The van der Waals surface area contributed by atoms with Crippen LogP contribution < -0.4 is 4.90 Å². The topological polar surface area (TPSA) is 45.5 Å². The molecule has 31 heavy (non-hydrogen) atoms. The second kappa shape index (κ2) is 8.53. The van der Waals surface area contributed by atoms with Crippen molar-refractivity contribution in [2.24, 2.45) is 0 Å². The molecule has 0 bridgehead atoms. The zero-order chi connectivity index (χ0) is 21.2. The van der Waals surface area contributed by atoms with Gasteiger partial charge in [0.2, 0.25) is 0 Å². The van der Waals surface area contributed by atoms with E-state index in [9.17, 15) is 9.90 Å². The van der Waals surface area contributed by atoms with Crippen LogP contribution in [-0.2, 0) is 13.0 Å². The minimum Gasteiger partial charge on any atom is -0.389 e. The number of thiophene rings is 1. The lowest BCUT2D eigenvalue weighted by atomic mass is 10.1. The zero-order valence-electron chi connectivity index (χ0n) is 17.1. The highest BCUT2D eigenvalue weighted by molar-refractivity contribution is 7.12. The Morgan fingerprint density at radius 2 is 1.90 bits per heavy atom. The first-order valence-corrected chi connectivity index (χ1v) is 11.4. The number of fused-ring (bicyclic) bond motifs is 2. The van der Waals surface area contributed by atoms with Gasteiger partial charge in [0.05, 0.1) is 17.5 Å². The SMILES string of the molecule is O=C(/C=C\c1cn(C[C@@H](O)CN2CCc3ccccc32)c2ccccc12)c1cccs1. The van der Waals surface area contributed by atoms with Gasteiger partial charge in [0, 0.05) is 41.4 Å². The first-order chi connectivity index (χ1) is 15.2. The number of allylic oxidation sites excluding steroid dienone is 1. The zero-order valence-corrected chi connectivity index (χ0v) is 18.0. The summed E-state index contributed by atoms with van der Waals surface area (Å²) in [5, 5.41) is 13.9. The molecule has 0 saturated carbocycles. The summed E-state index contributed by atoms with van der Waals surface area (Å²) in [6.07, 6.45) is 6.08. The van der Waals surface area contributed by atoms with Gasteiger partial charge in [0.25, 0.3) is 0 Å². The summed E-state index contributed by atoms with van der Waals surface area (Å²) in [5.74, 6) is 0.0135. The molecule has 1 aliphatic heterocycles. The van der Waals surface area contributed by atoms with Crippen molar-refractivity contribution in [2.45, 2.75) is 19.1 Å². The first-order valence-electron chi connectivity index (χ1n) is 10.5. The second-order valence-electron chi connectivity index (χ2n) is 7.91. The summed E-state index contributed by atoms with van der Waals surface area (Å²) < 4.78 is 2.09. The number of β-amino-alcohol motifs (C(OH)–C–C–N with tert-alkyl or cyclic N) is 1. The molecule has 156 valence electrons. The van der Waals surface area contributed by atoms with E-state index in [0.29, 0.717) is 13.1 Å². The predicted octanol–water partition coefficient (Wildman–Crippen LogP) is 5.02. The quantitative estimate of drug-likeness (QED) is 0.332. The largest absolute Gasteiger partial charge is 0.389 e. The third-order valence-electron chi connectivity index (χ3n) is 5.82. The molecule has 4 aromatic rings. The van der Waals surface area contributed by atoms with E-state index < -0.39 is 6.10 Å². The molecule has 0 saturated heterocycles. The van der Waals surface area contributed by atoms with E-state index in [1.54, 1.807) is 6.08 Å². The van der Waals surface area contributed by atoms with E-state index in [4.69, 9.17) is 0 Å². The highest BCUT2D eigenvalue weighted by atomic mass is 32.1. The number of hydrogen-bond donors (Lipinski definition) is 1. The number of nitrogens with zero attached hydrogens (tertiary/aromatic N) is 2. The smallest absolute Gasteiger partial charge is 0.195 e. The molecule has 3 heterocycles. The van der Waals surface area contributed by atoms with Gasteiger partial charge in [-0.05, 0) is 47.7 Å². The van der Waals surface area contributed by atoms with E-state index >= 15 is 0 Å². The lowest BCUT2D eigenvalue weighted by Crippen LogP contribution is -2.33. The van der Waals surface area contributed by atoms with Crippen LogP contribution in [-0.4, -0.2) is 34.7 Å². The van der Waals surface area contributed by atoms with Gasteiger partial charge in [-0.2, -0.15) is 0 Å². The second-order valence-corrected chi connectivity index (χ2v) is 8.86. The number of hydrogen-bond acceptors (Lipinski definition) is 4. The van der Waals surface area contributed by atoms with Gasteiger partial charge >= 0.3 is 0 Å². The van der Waals surface area contributed by atoms with Crippen LogP contribution in [0.1, 0.15) is 20.8 Å². The maximum atomic E-state index is 12.4. The average Bonchev–Trinajstić information content (AvgIpc) is 3.53. The fourth-order valence-electron chi connectivity index (χ4n) is 4.36. The Bertz CT molecular complexity index is 1240. The molecule has 4 nitrogen and oxygen atoms in total. The number of aliphatic hydroxyl groups excluding tert-OH is 1. The highest BCUT2D eigenvalue weighted by Gasteiger charge is 2.21. The Balaban J connectivity index is 1.35. The minimum absolute atomic E-state index is 0.0135. The Labute approximate surface area is 185 Å². The summed E-state index contributed by atoms with van der Waals surface area (Å²) in [6, 6.07) is 20.3. The number of benzene rings is 2. The highest BCUT2D eigenvalue weighted by Crippen LogP contribution is 2.28. The number of anilines is 1. The van der Waals surface area contributed by atoms with Crippen LogP contribution in [0, 0.1) is 0 Å². The molecule has 0 unspecified atom stereocenters. The van der Waals surface area contributed by atoms with Crippen LogP contribution in [0.3, 0.4) is 0 Å². The van der Waals surface area contributed by atoms with Gasteiger partial charge in [0.1, 0.15) is 0 Å². The number of rotatable bonds is 7. The van der Waals surface area contributed by atoms with Gasteiger partial charge in [-0.3, -0.25) is 4.79 Å². The molecule has 2 aromatic carbocycles. The van der Waals surface area contributed by atoms with Crippen molar-refractivity contribution in [3.63, 3.8) is 0 Å². The average molecular weight is 429 g/mol. The van der Waals surface area contributed by atoms with Crippen molar-refractivity contribution >= 4 is 39.8 Å². The predicted molar refractivity (Wildman–Crippen MR) is 128 cm³/mol. The molecule has 0 aliphatic carbocycles. The van der Waals surface area contributed by atoms with E-state index in [1.807, 2.05) is 41.9 Å². The maximum Gasteiger partial charge on any atom is 0.195 e. The summed E-state index contributed by atoms with van der Waals surface area (Å²) >= 11 is 1.45. The Morgan fingerprint density at radius 3 is 2.77 bits per heavy atom. The number of aliphatic hydroxyl groups is 1. The van der Waals surface area contributed by atoms with Crippen LogP contribution in [0.15, 0.2) is 78.3 Å². The summed E-state index contributed by atoms with van der Waals surface area (Å²) in [6.45, 7) is 2.05. The van der Waals surface area contributed by atoms with Crippen molar-refractivity contribution in [2.75, 3.05) is 18.0 Å². The Hall–Kier alpha value is -3.15. The molecule has 5 heteroatoms. The molecule has 2 aromatic heterocycles. The van der Waals surface area contributed by atoms with Gasteiger partial charge in [-0.1, -0.05) is 42.5 Å². The molecule has 1 aliphatic rings. The molecule has 1 N–H and O–H groups in total. The van der Waals surface area contributed by atoms with Crippen molar-refractivity contribution in [1.82, 2.24) is 4.57 Å². The first kappa shape index (κ1) is 19.8. The number of para-hydroxylation sites is 2. The molecule has 0 amide bonds. The Morgan fingerprint density at radius 1 is 1.06 bits per heavy atom. The van der Waals surface area contributed by atoms with E-state index in [1.165, 1.54) is 22.6 Å². The van der Waals surface area contributed by atoms with Gasteiger partial charge < -0.3 is 14.6 Å². The van der Waals surface area contributed by atoms with Gasteiger partial charge in [-0.15, -0.1) is 11.3 Å². The van der Waals surface area contributed by atoms with E-state index in [-0.39, 0.29) is 5.78 Å². The fourth-order valence-corrected chi connectivity index (χ4v) is 5.01. The van der Waals surface area contributed by atoms with Crippen LogP contribution in [0.4, 0.5) is 5.69 Å². The lowest BCUT2D eigenvalue weighted by molar-refractivity contribution is 0.105. The number of ketones is 1. The Kier molecular flexibility index (Phi) is 5.45. The summed E-state index contributed by atoms with van der Waals surface area (Å²) in [7, 11) is 0. The molecule has 0 spiro atoms. The molecule has 0 fully saturated rings. The van der Waals surface area contributed by atoms with Crippen molar-refractivity contribution in [3.05, 3.63) is 94.3 Å². The molecule has 5 rings (SSSR count). The lowest BCUT2D eigenvalue weighted by Gasteiger charge is -2.23. The molecule has 1 atom stereocenters. The standard InChI is InChI=1S/C26H24N2O2S/c29-21(17-27-14-13-19-6-1-3-8-23(19)27)18-28-16-20(22-7-2-4-9-24(22)28)11-12-25(30)26-10-5-15-31-26/h1-12,15-16,21,29H,13-14,17-18H2/b12-11-/t21-/m0/s1. The monoisotopic (exact) mass is 428 g/mol. The maximum absolute atomic E-state index is 12.4. The third-order valence-corrected chi connectivity index (χ3v) is 6.70. The summed E-state index contributed by atoms with van der Waals surface area (Å²) in [4.78, 5) is 15.4. The van der Waals surface area contributed by atoms with E-state index in [0.717, 1.165) is 34.3 Å². The number of carbonyl (C=O) groups is 1. The number of carbonyl (C=O) groups excluding carboxylic acids is 1. The van der Waals surface area contributed by atoms with Crippen LogP contribution in [0.5, 0.6) is 0 Å². The molecular weight excluding hydrogens is 404 g/mol. The fraction of sp³-hybridized carbons (Fsp3) is 0.192. The molecule has 0 radical (unpaired) electrons. The van der Waals surface area contributed by atoms with E-state index in [2.05, 4.69) is 45.9 Å². The van der Waals surface area contributed by atoms with Crippen LogP contribution in [0.2, 0.25) is 0 Å². The van der Waals surface area contributed by atoms with Gasteiger partial charge in [0.15, 0.2) is 5.78 Å².